The Morgan fingerprint density at radius 1 is 1.25 bits per heavy atom. The highest BCUT2D eigenvalue weighted by Gasteiger charge is 2.14. The molecule has 0 unspecified atom stereocenters. The topological polar surface area (TPSA) is 96.8 Å². The molecule has 1 rings (SSSR count). The second-order valence-corrected chi connectivity index (χ2v) is 4.46. The van der Waals surface area contributed by atoms with Crippen molar-refractivity contribution in [3.63, 3.8) is 0 Å². The molecule has 1 amide bonds. The predicted molar refractivity (Wildman–Crippen MR) is 77.2 cm³/mol. The summed E-state index contributed by atoms with van der Waals surface area (Å²) in [7, 11) is 1.61. The van der Waals surface area contributed by atoms with E-state index in [1.165, 1.54) is 12.1 Å². The van der Waals surface area contributed by atoms with Gasteiger partial charge in [0, 0.05) is 25.8 Å². The van der Waals surface area contributed by atoms with Crippen LogP contribution in [-0.2, 0) is 9.47 Å². The van der Waals surface area contributed by atoms with Gasteiger partial charge in [0.25, 0.3) is 5.91 Å². The smallest absolute Gasteiger partial charge is 0.252 e. The van der Waals surface area contributed by atoms with Crippen LogP contribution in [-0.4, -0.2) is 39.4 Å². The number of hydrogen-bond donors (Lipinski definition) is 2. The minimum Gasteiger partial charge on any atom is -0.491 e. The number of rotatable bonds is 9. The van der Waals surface area contributed by atoms with E-state index < -0.39 is 5.91 Å². The molecule has 0 atom stereocenters. The lowest BCUT2D eigenvalue weighted by atomic mass is 10.1. The monoisotopic (exact) mass is 302 g/mol. The van der Waals surface area contributed by atoms with Gasteiger partial charge in [0.2, 0.25) is 0 Å². The third kappa shape index (κ3) is 5.24. The molecule has 0 spiro atoms. The maximum Gasteiger partial charge on any atom is 0.252 e. The molecule has 7 heteroatoms. The van der Waals surface area contributed by atoms with Crippen LogP contribution in [0.15, 0.2) is 12.1 Å². The number of primary amides is 1. The zero-order valence-electron chi connectivity index (χ0n) is 11.4. The lowest BCUT2D eigenvalue weighted by Gasteiger charge is -2.12. The first-order valence-electron chi connectivity index (χ1n) is 6.14. The molecule has 1 aromatic carbocycles. The molecule has 0 saturated heterocycles. The quantitative estimate of drug-likeness (QED) is 0.531. The highest BCUT2D eigenvalue weighted by Crippen LogP contribution is 2.31. The molecule has 0 aliphatic carbocycles. The van der Waals surface area contributed by atoms with Crippen LogP contribution < -0.4 is 16.2 Å². The van der Waals surface area contributed by atoms with E-state index in [1.807, 2.05) is 0 Å². The van der Waals surface area contributed by atoms with Gasteiger partial charge in [0.15, 0.2) is 5.75 Å². The van der Waals surface area contributed by atoms with E-state index in [2.05, 4.69) is 0 Å². The predicted octanol–water partition coefficient (Wildman–Crippen LogP) is 1.45. The van der Waals surface area contributed by atoms with Gasteiger partial charge in [0.1, 0.15) is 0 Å². The Morgan fingerprint density at radius 3 is 2.65 bits per heavy atom. The number of anilines is 1. The first-order chi connectivity index (χ1) is 9.56. The van der Waals surface area contributed by atoms with Crippen molar-refractivity contribution < 1.29 is 19.0 Å². The van der Waals surface area contributed by atoms with E-state index in [9.17, 15) is 4.79 Å². The minimum absolute atomic E-state index is 0.176. The summed E-state index contributed by atoms with van der Waals surface area (Å²) in [6.45, 7) is 1.97. The molecule has 4 N–H and O–H groups in total. The van der Waals surface area contributed by atoms with Crippen LogP contribution >= 0.6 is 11.6 Å². The fourth-order valence-corrected chi connectivity index (χ4v) is 1.81. The van der Waals surface area contributed by atoms with Crippen molar-refractivity contribution in [3.05, 3.63) is 22.7 Å². The van der Waals surface area contributed by atoms with E-state index in [0.29, 0.717) is 38.5 Å². The number of carbonyl (C=O) groups excluding carboxylic acids is 1. The van der Waals surface area contributed by atoms with Crippen LogP contribution in [0, 0.1) is 0 Å². The molecule has 6 nitrogen and oxygen atoms in total. The SMILES string of the molecule is COCCOCCCOc1c(Cl)cc(N)cc1C(N)=O. The highest BCUT2D eigenvalue weighted by molar-refractivity contribution is 6.33. The Kier molecular flexibility index (Phi) is 7.14. The normalized spacial score (nSPS) is 10.5. The number of halogens is 1. The van der Waals surface area contributed by atoms with Crippen molar-refractivity contribution in [1.29, 1.82) is 0 Å². The van der Waals surface area contributed by atoms with Crippen molar-refractivity contribution in [2.45, 2.75) is 6.42 Å². The minimum atomic E-state index is -0.634. The lowest BCUT2D eigenvalue weighted by Crippen LogP contribution is -2.15. The fraction of sp³-hybridized carbons (Fsp3) is 0.462. The molecule has 0 aliphatic rings. The van der Waals surface area contributed by atoms with E-state index in [1.54, 1.807) is 7.11 Å². The van der Waals surface area contributed by atoms with Gasteiger partial charge in [0.05, 0.1) is 30.4 Å². The fourth-order valence-electron chi connectivity index (χ4n) is 1.52. The van der Waals surface area contributed by atoms with Gasteiger partial charge in [-0.3, -0.25) is 4.79 Å². The van der Waals surface area contributed by atoms with Gasteiger partial charge in [-0.15, -0.1) is 0 Å². The number of benzene rings is 1. The molecule has 0 bridgehead atoms. The van der Waals surface area contributed by atoms with Gasteiger partial charge in [-0.25, -0.2) is 0 Å². The van der Waals surface area contributed by atoms with Crippen molar-refractivity contribution in [2.24, 2.45) is 5.73 Å². The summed E-state index contributed by atoms with van der Waals surface area (Å²) in [6.07, 6.45) is 0.655. The largest absolute Gasteiger partial charge is 0.491 e. The van der Waals surface area contributed by atoms with E-state index in [0.717, 1.165) is 0 Å². The lowest BCUT2D eigenvalue weighted by molar-refractivity contribution is 0.0643. The Hall–Kier alpha value is -1.50. The van der Waals surface area contributed by atoms with Crippen LogP contribution in [0.1, 0.15) is 16.8 Å². The molecular weight excluding hydrogens is 284 g/mol. The zero-order chi connectivity index (χ0) is 15.0. The summed E-state index contributed by atoms with van der Waals surface area (Å²) in [5.41, 5.74) is 11.4. The molecule has 1 aromatic rings. The summed E-state index contributed by atoms with van der Waals surface area (Å²) in [6, 6.07) is 2.96. The molecular formula is C13H19ClN2O4. The van der Waals surface area contributed by atoms with Gasteiger partial charge < -0.3 is 25.7 Å². The Bertz CT molecular complexity index is 454. The number of carbonyl (C=O) groups is 1. The Balaban J connectivity index is 2.49. The second kappa shape index (κ2) is 8.63. The standard InChI is InChI=1S/C13H19ClN2O4/c1-18-5-6-19-3-2-4-20-12-10(13(16)17)7-9(15)8-11(12)14/h7-8H,2-6,15H2,1H3,(H2,16,17). The molecule has 0 aliphatic heterocycles. The number of nitrogen functional groups attached to an aromatic ring is 1. The molecule has 0 saturated carbocycles. The van der Waals surface area contributed by atoms with E-state index in [4.69, 9.17) is 37.3 Å². The molecule has 0 fully saturated rings. The van der Waals surface area contributed by atoms with E-state index in [-0.39, 0.29) is 16.3 Å². The number of methoxy groups -OCH3 is 1. The van der Waals surface area contributed by atoms with Crippen molar-refractivity contribution in [3.8, 4) is 5.75 Å². The van der Waals surface area contributed by atoms with Gasteiger partial charge in [-0.1, -0.05) is 11.6 Å². The van der Waals surface area contributed by atoms with Crippen molar-refractivity contribution >= 4 is 23.2 Å². The van der Waals surface area contributed by atoms with Crippen LogP contribution in [0.2, 0.25) is 5.02 Å². The summed E-state index contributed by atoms with van der Waals surface area (Å²) in [5.74, 6) is -0.379. The summed E-state index contributed by atoms with van der Waals surface area (Å²) in [4.78, 5) is 11.3. The van der Waals surface area contributed by atoms with Crippen LogP contribution in [0.25, 0.3) is 0 Å². The second-order valence-electron chi connectivity index (χ2n) is 4.05. The zero-order valence-corrected chi connectivity index (χ0v) is 12.1. The number of hydrogen-bond acceptors (Lipinski definition) is 5. The van der Waals surface area contributed by atoms with Gasteiger partial charge >= 0.3 is 0 Å². The molecule has 20 heavy (non-hydrogen) atoms. The van der Waals surface area contributed by atoms with Gasteiger partial charge in [-0.05, 0) is 12.1 Å². The Morgan fingerprint density at radius 2 is 2.00 bits per heavy atom. The summed E-state index contributed by atoms with van der Waals surface area (Å²) >= 11 is 6.00. The number of amides is 1. The maximum atomic E-state index is 11.3. The number of nitrogens with two attached hydrogens (primary N) is 2. The molecule has 112 valence electrons. The first-order valence-corrected chi connectivity index (χ1v) is 6.52. The average Bonchev–Trinajstić information content (AvgIpc) is 2.39. The Labute approximate surface area is 122 Å². The molecule has 0 aromatic heterocycles. The molecule has 0 radical (unpaired) electrons. The van der Waals surface area contributed by atoms with Crippen molar-refractivity contribution in [2.75, 3.05) is 39.3 Å². The maximum absolute atomic E-state index is 11.3. The number of ether oxygens (including phenoxy) is 3. The van der Waals surface area contributed by atoms with Crippen LogP contribution in [0.4, 0.5) is 5.69 Å². The summed E-state index contributed by atoms with van der Waals surface area (Å²) < 4.78 is 15.6. The van der Waals surface area contributed by atoms with E-state index >= 15 is 0 Å². The average molecular weight is 303 g/mol. The third-order valence-corrected chi connectivity index (χ3v) is 2.72. The van der Waals surface area contributed by atoms with Gasteiger partial charge in [-0.2, -0.15) is 0 Å². The highest BCUT2D eigenvalue weighted by atomic mass is 35.5. The summed E-state index contributed by atoms with van der Waals surface area (Å²) in [5, 5.41) is 0.263. The molecule has 0 heterocycles. The van der Waals surface area contributed by atoms with Crippen molar-refractivity contribution in [1.82, 2.24) is 0 Å². The van der Waals surface area contributed by atoms with Crippen LogP contribution in [0.5, 0.6) is 5.75 Å². The van der Waals surface area contributed by atoms with Crippen LogP contribution in [0.3, 0.4) is 0 Å². The third-order valence-electron chi connectivity index (χ3n) is 2.44. The first kappa shape index (κ1) is 16.6.